The molecule has 0 radical (unpaired) electrons. The maximum atomic E-state index is 12.2. The molecule has 1 aliphatic heterocycles. The summed E-state index contributed by atoms with van der Waals surface area (Å²) in [7, 11) is 0. The third-order valence-corrected chi connectivity index (χ3v) is 3.90. The Morgan fingerprint density at radius 3 is 2.58 bits per heavy atom. The second-order valence-electron chi connectivity index (χ2n) is 5.74. The van der Waals surface area contributed by atoms with Gasteiger partial charge < -0.3 is 14.8 Å². The van der Waals surface area contributed by atoms with Crippen LogP contribution in [0.1, 0.15) is 6.92 Å². The van der Waals surface area contributed by atoms with Crippen molar-refractivity contribution in [2.75, 3.05) is 31.6 Å². The lowest BCUT2D eigenvalue weighted by Gasteiger charge is -2.30. The van der Waals surface area contributed by atoms with E-state index in [0.717, 1.165) is 23.7 Å². The number of benzene rings is 2. The number of amides is 1. The average molecular weight is 326 g/mol. The summed E-state index contributed by atoms with van der Waals surface area (Å²) in [6.45, 7) is 4.27. The maximum Gasteiger partial charge on any atom is 0.238 e. The number of nitrogens with one attached hydrogen (secondary N) is 1. The molecule has 0 spiro atoms. The number of hydrogen-bond acceptors (Lipinski definition) is 4. The molecule has 1 unspecified atom stereocenters. The lowest BCUT2D eigenvalue weighted by Crippen LogP contribution is -2.43. The van der Waals surface area contributed by atoms with Gasteiger partial charge in [0, 0.05) is 12.2 Å². The van der Waals surface area contributed by atoms with Gasteiger partial charge in [0.2, 0.25) is 5.91 Å². The largest absolute Gasteiger partial charge is 0.486 e. The smallest absolute Gasteiger partial charge is 0.238 e. The van der Waals surface area contributed by atoms with Crippen molar-refractivity contribution in [2.45, 2.75) is 13.0 Å². The molecule has 0 fully saturated rings. The van der Waals surface area contributed by atoms with Crippen molar-refractivity contribution >= 4 is 11.6 Å². The van der Waals surface area contributed by atoms with E-state index in [1.807, 2.05) is 61.5 Å². The quantitative estimate of drug-likeness (QED) is 0.887. The number of hydrogen-bond donors (Lipinski definition) is 1. The second-order valence-corrected chi connectivity index (χ2v) is 5.74. The molecule has 1 heterocycles. The average Bonchev–Trinajstić information content (AvgIpc) is 2.62. The Kier molecular flexibility index (Phi) is 5.33. The lowest BCUT2D eigenvalue weighted by molar-refractivity contribution is -0.117. The molecule has 3 rings (SSSR count). The number of carbonyl (C=O) groups excluding carboxylic acids is 1. The molecule has 126 valence electrons. The van der Waals surface area contributed by atoms with Gasteiger partial charge in [-0.1, -0.05) is 37.3 Å². The summed E-state index contributed by atoms with van der Waals surface area (Å²) >= 11 is 0. The highest BCUT2D eigenvalue weighted by atomic mass is 16.6. The first-order valence-corrected chi connectivity index (χ1v) is 8.20. The number of nitrogens with zero attached hydrogens (tertiary/aromatic N) is 1. The van der Waals surface area contributed by atoms with Gasteiger partial charge in [0.1, 0.15) is 12.7 Å². The van der Waals surface area contributed by atoms with E-state index in [1.54, 1.807) is 0 Å². The first-order valence-electron chi connectivity index (χ1n) is 8.20. The van der Waals surface area contributed by atoms with Crippen LogP contribution in [-0.2, 0) is 4.79 Å². The minimum absolute atomic E-state index is 0.0276. The van der Waals surface area contributed by atoms with Gasteiger partial charge in [-0.15, -0.1) is 0 Å². The van der Waals surface area contributed by atoms with Crippen molar-refractivity contribution in [3.05, 3.63) is 54.6 Å². The van der Waals surface area contributed by atoms with Crippen LogP contribution in [-0.4, -0.2) is 43.2 Å². The van der Waals surface area contributed by atoms with Gasteiger partial charge in [0.25, 0.3) is 0 Å². The molecule has 1 amide bonds. The molecular weight excluding hydrogens is 304 g/mol. The highest BCUT2D eigenvalue weighted by Crippen LogP contribution is 2.30. The van der Waals surface area contributed by atoms with Gasteiger partial charge in [0.15, 0.2) is 11.5 Å². The molecule has 0 saturated heterocycles. The van der Waals surface area contributed by atoms with Gasteiger partial charge in [-0.05, 0) is 30.8 Å². The van der Waals surface area contributed by atoms with Crippen LogP contribution in [0.2, 0.25) is 0 Å². The minimum Gasteiger partial charge on any atom is -0.486 e. The van der Waals surface area contributed by atoms with Gasteiger partial charge in [-0.3, -0.25) is 9.69 Å². The van der Waals surface area contributed by atoms with Crippen molar-refractivity contribution in [3.8, 4) is 11.5 Å². The van der Waals surface area contributed by atoms with E-state index in [9.17, 15) is 4.79 Å². The molecule has 1 aliphatic rings. The molecule has 0 aliphatic carbocycles. The van der Waals surface area contributed by atoms with Gasteiger partial charge in [-0.2, -0.15) is 0 Å². The summed E-state index contributed by atoms with van der Waals surface area (Å²) in [6, 6.07) is 17.1. The summed E-state index contributed by atoms with van der Waals surface area (Å²) < 4.78 is 11.7. The zero-order chi connectivity index (χ0) is 16.8. The number of fused-ring (bicyclic) bond motifs is 1. The Morgan fingerprint density at radius 1 is 1.12 bits per heavy atom. The fourth-order valence-electron chi connectivity index (χ4n) is 2.67. The van der Waals surface area contributed by atoms with Crippen molar-refractivity contribution in [1.29, 1.82) is 0 Å². The fourth-order valence-corrected chi connectivity index (χ4v) is 2.67. The lowest BCUT2D eigenvalue weighted by atomic mass is 10.2. The van der Waals surface area contributed by atoms with Crippen molar-refractivity contribution < 1.29 is 14.3 Å². The summed E-state index contributed by atoms with van der Waals surface area (Å²) in [5.74, 6) is 1.51. The molecule has 24 heavy (non-hydrogen) atoms. The van der Waals surface area contributed by atoms with Crippen molar-refractivity contribution in [3.63, 3.8) is 0 Å². The van der Waals surface area contributed by atoms with Crippen LogP contribution in [0.3, 0.4) is 0 Å². The Hall–Kier alpha value is -2.53. The van der Waals surface area contributed by atoms with E-state index in [-0.39, 0.29) is 12.0 Å². The van der Waals surface area contributed by atoms with Crippen LogP contribution in [0.4, 0.5) is 5.69 Å². The monoisotopic (exact) mass is 326 g/mol. The minimum atomic E-state index is -0.0793. The van der Waals surface area contributed by atoms with Gasteiger partial charge in [-0.25, -0.2) is 0 Å². The summed E-state index contributed by atoms with van der Waals surface area (Å²) in [5.41, 5.74) is 0.810. The Balaban J connectivity index is 1.53. The predicted octanol–water partition coefficient (Wildman–Crippen LogP) is 2.79. The maximum absolute atomic E-state index is 12.2. The number of likely N-dealkylation sites (N-methyl/N-ethyl adjacent to an activating group) is 1. The first kappa shape index (κ1) is 16.3. The van der Waals surface area contributed by atoms with E-state index >= 15 is 0 Å². The highest BCUT2D eigenvalue weighted by Gasteiger charge is 2.23. The SMILES string of the molecule is CCN(CC(=O)Nc1ccccc1)CC1COc2ccccc2O1. The highest BCUT2D eigenvalue weighted by molar-refractivity contribution is 5.92. The number of rotatable bonds is 6. The van der Waals surface area contributed by atoms with Gasteiger partial charge >= 0.3 is 0 Å². The zero-order valence-electron chi connectivity index (χ0n) is 13.8. The molecule has 1 atom stereocenters. The number of anilines is 1. The van der Waals surface area contributed by atoms with Crippen molar-refractivity contribution in [1.82, 2.24) is 4.90 Å². The second kappa shape index (κ2) is 7.84. The number of para-hydroxylation sites is 3. The van der Waals surface area contributed by atoms with Crippen LogP contribution in [0.5, 0.6) is 11.5 Å². The number of carbonyl (C=O) groups is 1. The Bertz CT molecular complexity index is 675. The Labute approximate surface area is 142 Å². The Morgan fingerprint density at radius 2 is 1.83 bits per heavy atom. The van der Waals surface area contributed by atoms with E-state index < -0.39 is 0 Å². The molecule has 2 aromatic carbocycles. The molecular formula is C19H22N2O3. The summed E-state index contributed by atoms with van der Waals surface area (Å²) in [5, 5.41) is 2.91. The van der Waals surface area contributed by atoms with Crippen molar-refractivity contribution in [2.24, 2.45) is 0 Å². The summed E-state index contributed by atoms with van der Waals surface area (Å²) in [4.78, 5) is 14.3. The first-order chi connectivity index (χ1) is 11.7. The van der Waals surface area contributed by atoms with Crippen LogP contribution < -0.4 is 14.8 Å². The van der Waals surface area contributed by atoms with E-state index in [1.165, 1.54) is 0 Å². The van der Waals surface area contributed by atoms with E-state index in [4.69, 9.17) is 9.47 Å². The van der Waals surface area contributed by atoms with Gasteiger partial charge in [0.05, 0.1) is 6.54 Å². The van der Waals surface area contributed by atoms with E-state index in [2.05, 4.69) is 10.2 Å². The standard InChI is InChI=1S/C19H22N2O3/c1-2-21(13-19(22)20-15-8-4-3-5-9-15)12-16-14-23-17-10-6-7-11-18(17)24-16/h3-11,16H,2,12-14H2,1H3,(H,20,22). The molecule has 0 aromatic heterocycles. The predicted molar refractivity (Wildman–Crippen MR) is 93.5 cm³/mol. The molecule has 2 aromatic rings. The molecule has 5 heteroatoms. The third-order valence-electron chi connectivity index (χ3n) is 3.90. The molecule has 1 N–H and O–H groups in total. The molecule has 5 nitrogen and oxygen atoms in total. The molecule has 0 saturated carbocycles. The topological polar surface area (TPSA) is 50.8 Å². The van der Waals surface area contributed by atoms with Crippen LogP contribution in [0.25, 0.3) is 0 Å². The third kappa shape index (κ3) is 4.26. The number of ether oxygens (including phenoxy) is 2. The normalized spacial score (nSPS) is 16.0. The van der Waals surface area contributed by atoms with Crippen LogP contribution >= 0.6 is 0 Å². The fraction of sp³-hybridized carbons (Fsp3) is 0.316. The summed E-state index contributed by atoms with van der Waals surface area (Å²) in [6.07, 6.45) is -0.0793. The van der Waals surface area contributed by atoms with E-state index in [0.29, 0.717) is 19.7 Å². The molecule has 0 bridgehead atoms. The van der Waals surface area contributed by atoms with Crippen LogP contribution in [0, 0.1) is 0 Å². The zero-order valence-corrected chi connectivity index (χ0v) is 13.8. The van der Waals surface area contributed by atoms with Crippen LogP contribution in [0.15, 0.2) is 54.6 Å².